The average molecular weight is 196 g/mol. The second-order valence-corrected chi connectivity index (χ2v) is 5.48. The second-order valence-electron chi connectivity index (χ2n) is 5.48. The predicted molar refractivity (Wildman–Crippen MR) is 61.3 cm³/mol. The molecule has 1 aliphatic carbocycles. The van der Waals surface area contributed by atoms with Gasteiger partial charge in [-0.3, -0.25) is 0 Å². The van der Waals surface area contributed by atoms with Crippen molar-refractivity contribution in [3.05, 3.63) is 12.2 Å². The molecule has 0 aromatic carbocycles. The number of allylic oxidation sites excluding steroid dienone is 1. The first-order valence-electron chi connectivity index (χ1n) is 5.61. The Morgan fingerprint density at radius 3 is 2.64 bits per heavy atom. The van der Waals surface area contributed by atoms with Crippen LogP contribution in [0.4, 0.5) is 0 Å². The van der Waals surface area contributed by atoms with E-state index in [4.69, 9.17) is 4.74 Å². The Kier molecular flexibility index (Phi) is 3.77. The average Bonchev–Trinajstić information content (AvgIpc) is 2.08. The Morgan fingerprint density at radius 2 is 2.14 bits per heavy atom. The molecule has 0 spiro atoms. The predicted octanol–water partition coefficient (Wildman–Crippen LogP) is 3.65. The van der Waals surface area contributed by atoms with E-state index in [-0.39, 0.29) is 0 Å². The van der Waals surface area contributed by atoms with Crippen molar-refractivity contribution in [3.8, 4) is 0 Å². The van der Waals surface area contributed by atoms with Gasteiger partial charge in [0, 0.05) is 13.7 Å². The first-order chi connectivity index (χ1) is 6.47. The summed E-state index contributed by atoms with van der Waals surface area (Å²) in [5, 5.41) is 0. The zero-order chi connectivity index (χ0) is 10.8. The summed E-state index contributed by atoms with van der Waals surface area (Å²) in [7, 11) is 1.80. The van der Waals surface area contributed by atoms with Gasteiger partial charge in [-0.25, -0.2) is 0 Å². The van der Waals surface area contributed by atoms with Crippen LogP contribution in [0.1, 0.15) is 40.0 Å². The molecular weight excluding hydrogens is 172 g/mol. The molecule has 1 fully saturated rings. The molecule has 0 aromatic rings. The highest BCUT2D eigenvalue weighted by Gasteiger charge is 2.36. The minimum absolute atomic E-state index is 0.441. The van der Waals surface area contributed by atoms with Gasteiger partial charge in [-0.15, -0.1) is 0 Å². The number of hydrogen-bond acceptors (Lipinski definition) is 1. The van der Waals surface area contributed by atoms with Crippen molar-refractivity contribution in [3.63, 3.8) is 0 Å². The Balaban J connectivity index is 2.63. The Morgan fingerprint density at radius 1 is 1.50 bits per heavy atom. The monoisotopic (exact) mass is 196 g/mol. The molecule has 2 atom stereocenters. The van der Waals surface area contributed by atoms with Crippen LogP contribution in [0.2, 0.25) is 0 Å². The lowest BCUT2D eigenvalue weighted by Gasteiger charge is -2.42. The fourth-order valence-corrected chi connectivity index (χ4v) is 2.78. The minimum atomic E-state index is 0.441. The number of ether oxygens (including phenoxy) is 1. The topological polar surface area (TPSA) is 9.23 Å². The molecule has 0 unspecified atom stereocenters. The molecule has 1 heteroatoms. The molecule has 0 N–H and O–H groups in total. The van der Waals surface area contributed by atoms with E-state index < -0.39 is 0 Å². The third kappa shape index (κ3) is 2.60. The molecule has 0 radical (unpaired) electrons. The molecule has 1 rings (SSSR count). The third-order valence-corrected chi connectivity index (χ3v) is 3.71. The SMILES string of the molecule is C=C(C)[C@H]1C[C@H](COC)CCC1(C)C. The maximum atomic E-state index is 5.25. The highest BCUT2D eigenvalue weighted by Crippen LogP contribution is 2.45. The van der Waals surface area contributed by atoms with Crippen LogP contribution in [0.3, 0.4) is 0 Å². The standard InChI is InChI=1S/C13H24O/c1-10(2)12-8-11(9-14-5)6-7-13(12,3)4/h11-12H,1,6-9H2,2-5H3/t11-,12-/m1/s1. The van der Waals surface area contributed by atoms with Gasteiger partial charge in [-0.05, 0) is 43.4 Å². The summed E-state index contributed by atoms with van der Waals surface area (Å²) in [6.45, 7) is 12.0. The fraction of sp³-hybridized carbons (Fsp3) is 0.846. The lowest BCUT2D eigenvalue weighted by molar-refractivity contribution is 0.0670. The highest BCUT2D eigenvalue weighted by atomic mass is 16.5. The molecule has 0 amide bonds. The van der Waals surface area contributed by atoms with Gasteiger partial charge < -0.3 is 4.74 Å². The van der Waals surface area contributed by atoms with E-state index in [1.807, 2.05) is 0 Å². The van der Waals surface area contributed by atoms with E-state index in [9.17, 15) is 0 Å². The molecule has 1 nitrogen and oxygen atoms in total. The third-order valence-electron chi connectivity index (χ3n) is 3.71. The zero-order valence-corrected chi connectivity index (χ0v) is 10.1. The summed E-state index contributed by atoms with van der Waals surface area (Å²) in [5.74, 6) is 1.42. The molecule has 14 heavy (non-hydrogen) atoms. The van der Waals surface area contributed by atoms with E-state index in [1.54, 1.807) is 7.11 Å². The quantitative estimate of drug-likeness (QED) is 0.626. The summed E-state index contributed by atoms with van der Waals surface area (Å²) < 4.78 is 5.25. The van der Waals surface area contributed by atoms with Crippen LogP contribution in [0.15, 0.2) is 12.2 Å². The smallest absolute Gasteiger partial charge is 0.0490 e. The fourth-order valence-electron chi connectivity index (χ4n) is 2.78. The molecule has 1 saturated carbocycles. The van der Waals surface area contributed by atoms with E-state index in [1.165, 1.54) is 24.8 Å². The van der Waals surface area contributed by atoms with Crippen molar-refractivity contribution in [2.45, 2.75) is 40.0 Å². The number of rotatable bonds is 3. The lowest BCUT2D eigenvalue weighted by atomic mass is 9.63. The first-order valence-corrected chi connectivity index (χ1v) is 5.61. The Hall–Kier alpha value is -0.300. The van der Waals surface area contributed by atoms with Crippen LogP contribution in [0.25, 0.3) is 0 Å². The van der Waals surface area contributed by atoms with Gasteiger partial charge in [0.05, 0.1) is 0 Å². The van der Waals surface area contributed by atoms with Crippen LogP contribution >= 0.6 is 0 Å². The van der Waals surface area contributed by atoms with E-state index in [0.717, 1.165) is 12.5 Å². The van der Waals surface area contributed by atoms with Crippen molar-refractivity contribution in [1.29, 1.82) is 0 Å². The van der Waals surface area contributed by atoms with Gasteiger partial charge in [0.1, 0.15) is 0 Å². The van der Waals surface area contributed by atoms with Crippen molar-refractivity contribution < 1.29 is 4.74 Å². The number of methoxy groups -OCH3 is 1. The summed E-state index contributed by atoms with van der Waals surface area (Å²) in [5.41, 5.74) is 1.78. The van der Waals surface area contributed by atoms with Crippen molar-refractivity contribution in [2.24, 2.45) is 17.3 Å². The summed E-state index contributed by atoms with van der Waals surface area (Å²) >= 11 is 0. The van der Waals surface area contributed by atoms with Gasteiger partial charge in [0.2, 0.25) is 0 Å². The highest BCUT2D eigenvalue weighted by molar-refractivity contribution is 5.05. The molecule has 0 bridgehead atoms. The summed E-state index contributed by atoms with van der Waals surface area (Å²) in [6, 6.07) is 0. The zero-order valence-electron chi connectivity index (χ0n) is 10.1. The Bertz CT molecular complexity index is 205. The molecule has 0 saturated heterocycles. The maximum absolute atomic E-state index is 5.25. The second kappa shape index (κ2) is 4.48. The summed E-state index contributed by atoms with van der Waals surface area (Å²) in [4.78, 5) is 0. The van der Waals surface area contributed by atoms with Gasteiger partial charge in [-0.1, -0.05) is 26.0 Å². The van der Waals surface area contributed by atoms with Crippen molar-refractivity contribution >= 4 is 0 Å². The first kappa shape index (κ1) is 11.8. The molecule has 0 aromatic heterocycles. The van der Waals surface area contributed by atoms with E-state index >= 15 is 0 Å². The maximum Gasteiger partial charge on any atom is 0.0490 e. The largest absolute Gasteiger partial charge is 0.384 e. The van der Waals surface area contributed by atoms with Crippen molar-refractivity contribution in [1.82, 2.24) is 0 Å². The van der Waals surface area contributed by atoms with Gasteiger partial charge in [-0.2, -0.15) is 0 Å². The van der Waals surface area contributed by atoms with Gasteiger partial charge in [0.25, 0.3) is 0 Å². The minimum Gasteiger partial charge on any atom is -0.384 e. The van der Waals surface area contributed by atoms with E-state index in [0.29, 0.717) is 11.3 Å². The van der Waals surface area contributed by atoms with Crippen LogP contribution in [0.5, 0.6) is 0 Å². The Labute approximate surface area is 88.5 Å². The van der Waals surface area contributed by atoms with Crippen LogP contribution in [-0.2, 0) is 4.74 Å². The van der Waals surface area contributed by atoms with Gasteiger partial charge >= 0.3 is 0 Å². The normalized spacial score (nSPS) is 31.4. The molecule has 0 aliphatic heterocycles. The molecule has 1 aliphatic rings. The van der Waals surface area contributed by atoms with Crippen LogP contribution < -0.4 is 0 Å². The number of hydrogen-bond donors (Lipinski definition) is 0. The van der Waals surface area contributed by atoms with Gasteiger partial charge in [0.15, 0.2) is 0 Å². The summed E-state index contributed by atoms with van der Waals surface area (Å²) in [6.07, 6.45) is 3.87. The lowest BCUT2D eigenvalue weighted by Crippen LogP contribution is -2.33. The van der Waals surface area contributed by atoms with Crippen LogP contribution in [0, 0.1) is 17.3 Å². The van der Waals surface area contributed by atoms with Crippen LogP contribution in [-0.4, -0.2) is 13.7 Å². The molecular formula is C13H24O. The van der Waals surface area contributed by atoms with E-state index in [2.05, 4.69) is 27.4 Å². The molecule has 82 valence electrons. The molecule has 0 heterocycles. The van der Waals surface area contributed by atoms with Crippen molar-refractivity contribution in [2.75, 3.05) is 13.7 Å².